The highest BCUT2D eigenvalue weighted by molar-refractivity contribution is 5.78. The van der Waals surface area contributed by atoms with Gasteiger partial charge in [0.15, 0.2) is 0 Å². The van der Waals surface area contributed by atoms with Crippen molar-refractivity contribution in [1.29, 1.82) is 0 Å². The third-order valence-corrected chi connectivity index (χ3v) is 6.71. The SMILES string of the molecule is CCOC(=O)CCCCCO[C@]1(C(=O)OC)C[C@@H](NC(=O)OCc2ccccc2)[C@@H](C)C([C@H](O)[C@H](O)CN=[N+]=[N-])O1. The quantitative estimate of drug-likeness (QED) is 0.0652. The molecule has 6 atom stereocenters. The van der Waals surface area contributed by atoms with Crippen molar-refractivity contribution in [3.8, 4) is 0 Å². The van der Waals surface area contributed by atoms with Crippen molar-refractivity contribution >= 4 is 18.0 Å². The van der Waals surface area contributed by atoms with E-state index in [0.29, 0.717) is 25.9 Å². The third-order valence-electron chi connectivity index (χ3n) is 6.71. The third kappa shape index (κ3) is 10.5. The van der Waals surface area contributed by atoms with Crippen LogP contribution in [0.15, 0.2) is 35.4 Å². The molecule has 1 aromatic rings. The van der Waals surface area contributed by atoms with Crippen LogP contribution in [0.25, 0.3) is 10.4 Å². The molecule has 1 fully saturated rings. The predicted octanol–water partition coefficient (Wildman–Crippen LogP) is 2.75. The summed E-state index contributed by atoms with van der Waals surface area (Å²) < 4.78 is 27.2. The minimum Gasteiger partial charge on any atom is -0.466 e. The number of rotatable bonds is 16. The lowest BCUT2D eigenvalue weighted by Crippen LogP contribution is -2.64. The second kappa shape index (κ2) is 17.4. The number of amides is 1. The molecule has 0 aliphatic carbocycles. The largest absolute Gasteiger partial charge is 0.466 e. The van der Waals surface area contributed by atoms with Crippen molar-refractivity contribution in [3.05, 3.63) is 46.3 Å². The molecule has 1 aliphatic rings. The number of hydrogen-bond acceptors (Lipinski definition) is 11. The molecule has 0 spiro atoms. The zero-order chi connectivity index (χ0) is 30.3. The van der Waals surface area contributed by atoms with E-state index in [9.17, 15) is 24.6 Å². The number of nitrogens with zero attached hydrogens (tertiary/aromatic N) is 3. The number of alkyl carbamates (subject to hydrolysis) is 1. The van der Waals surface area contributed by atoms with Gasteiger partial charge in [-0.15, -0.1) is 0 Å². The highest BCUT2D eigenvalue weighted by Gasteiger charge is 2.55. The molecule has 3 N–H and O–H groups in total. The Morgan fingerprint density at radius 1 is 1.20 bits per heavy atom. The van der Waals surface area contributed by atoms with E-state index >= 15 is 0 Å². The molecule has 0 radical (unpaired) electrons. The van der Waals surface area contributed by atoms with Gasteiger partial charge in [-0.25, -0.2) is 9.59 Å². The zero-order valence-corrected chi connectivity index (χ0v) is 23.6. The molecule has 1 amide bonds. The van der Waals surface area contributed by atoms with Gasteiger partial charge >= 0.3 is 18.0 Å². The summed E-state index contributed by atoms with van der Waals surface area (Å²) in [4.78, 5) is 39.9. The van der Waals surface area contributed by atoms with Gasteiger partial charge in [0.25, 0.3) is 5.79 Å². The first-order valence-electron chi connectivity index (χ1n) is 13.6. The van der Waals surface area contributed by atoms with Gasteiger partial charge in [-0.05, 0) is 30.9 Å². The maximum Gasteiger partial charge on any atom is 0.407 e. The summed E-state index contributed by atoms with van der Waals surface area (Å²) in [5.74, 6) is -3.89. The van der Waals surface area contributed by atoms with Crippen molar-refractivity contribution in [3.63, 3.8) is 0 Å². The van der Waals surface area contributed by atoms with Crippen LogP contribution in [0.5, 0.6) is 0 Å². The van der Waals surface area contributed by atoms with Crippen molar-refractivity contribution in [1.82, 2.24) is 5.32 Å². The van der Waals surface area contributed by atoms with E-state index < -0.39 is 54.7 Å². The average Bonchev–Trinajstić information content (AvgIpc) is 2.97. The van der Waals surface area contributed by atoms with Gasteiger partial charge in [-0.2, -0.15) is 0 Å². The predicted molar refractivity (Wildman–Crippen MR) is 144 cm³/mol. The fourth-order valence-electron chi connectivity index (χ4n) is 4.46. The molecule has 1 heterocycles. The fourth-order valence-corrected chi connectivity index (χ4v) is 4.46. The Morgan fingerprint density at radius 2 is 1.93 bits per heavy atom. The van der Waals surface area contributed by atoms with Crippen LogP contribution in [0, 0.1) is 5.92 Å². The lowest BCUT2D eigenvalue weighted by molar-refractivity contribution is -0.306. The summed E-state index contributed by atoms with van der Waals surface area (Å²) in [6.45, 7) is 3.28. The van der Waals surface area contributed by atoms with E-state index in [2.05, 4.69) is 15.3 Å². The van der Waals surface area contributed by atoms with Crippen LogP contribution in [0.3, 0.4) is 0 Å². The smallest absolute Gasteiger partial charge is 0.407 e. The summed E-state index contributed by atoms with van der Waals surface area (Å²) in [6, 6.07) is 8.23. The molecular formula is C27H40N4O10. The van der Waals surface area contributed by atoms with Gasteiger partial charge in [-0.3, -0.25) is 4.79 Å². The maximum atomic E-state index is 13.0. The first-order chi connectivity index (χ1) is 19.7. The Labute approximate surface area is 238 Å². The number of nitrogens with one attached hydrogen (secondary N) is 1. The van der Waals surface area contributed by atoms with E-state index in [1.807, 2.05) is 18.2 Å². The van der Waals surface area contributed by atoms with Crippen molar-refractivity contribution in [2.45, 2.75) is 82.7 Å². The lowest BCUT2D eigenvalue weighted by atomic mass is 9.82. The first-order valence-corrected chi connectivity index (χ1v) is 13.6. The first kappa shape index (κ1) is 33.8. The van der Waals surface area contributed by atoms with Crippen LogP contribution < -0.4 is 5.32 Å². The molecule has 14 heteroatoms. The number of azide groups is 1. The van der Waals surface area contributed by atoms with Crippen LogP contribution in [-0.4, -0.2) is 85.3 Å². The van der Waals surface area contributed by atoms with Crippen LogP contribution in [0.1, 0.15) is 51.5 Å². The number of esters is 2. The Morgan fingerprint density at radius 3 is 2.59 bits per heavy atom. The summed E-state index contributed by atoms with van der Waals surface area (Å²) in [5, 5.41) is 27.3. The number of aliphatic hydroxyl groups excluding tert-OH is 2. The molecule has 0 aromatic heterocycles. The standard InChI is InChI=1S/C27H40N4O10/c1-4-38-22(33)13-9-6-10-14-40-27(25(35)37-3)15-20(30-26(36)39-17-19-11-7-5-8-12-19)18(2)24(41-27)23(34)21(32)16-29-31-28/h5,7-8,11-12,18,20-21,23-24,32,34H,4,6,9-10,13-17H2,1-3H3,(H,30,36)/t18-,20-,21-,23-,24?,27-/m1/s1. The van der Waals surface area contributed by atoms with Crippen molar-refractivity contribution < 1.29 is 48.3 Å². The van der Waals surface area contributed by atoms with Gasteiger partial charge < -0.3 is 39.2 Å². The molecule has 228 valence electrons. The fraction of sp³-hybridized carbons (Fsp3) is 0.667. The monoisotopic (exact) mass is 580 g/mol. The Kier molecular flexibility index (Phi) is 14.3. The number of carbonyl (C=O) groups excluding carboxylic acids is 3. The number of ether oxygens (including phenoxy) is 5. The van der Waals surface area contributed by atoms with E-state index in [4.69, 9.17) is 29.2 Å². The number of methoxy groups -OCH3 is 1. The number of carbonyl (C=O) groups is 3. The van der Waals surface area contributed by atoms with E-state index in [1.54, 1.807) is 26.0 Å². The van der Waals surface area contributed by atoms with Crippen LogP contribution >= 0.6 is 0 Å². The van der Waals surface area contributed by atoms with Gasteiger partial charge in [0, 0.05) is 29.7 Å². The highest BCUT2D eigenvalue weighted by atomic mass is 16.7. The minimum absolute atomic E-state index is 0.00560. The van der Waals surface area contributed by atoms with E-state index in [1.165, 1.54) is 0 Å². The maximum absolute atomic E-state index is 13.0. The molecule has 1 unspecified atom stereocenters. The number of aliphatic hydroxyl groups is 2. The number of unbranched alkanes of at least 4 members (excludes halogenated alkanes) is 2. The van der Waals surface area contributed by atoms with Gasteiger partial charge in [-0.1, -0.05) is 48.8 Å². The molecule has 1 aromatic carbocycles. The van der Waals surface area contributed by atoms with Gasteiger partial charge in [0.1, 0.15) is 12.7 Å². The van der Waals surface area contributed by atoms with Crippen LogP contribution in [0.2, 0.25) is 0 Å². The lowest BCUT2D eigenvalue weighted by Gasteiger charge is -2.47. The molecule has 14 nitrogen and oxygen atoms in total. The van der Waals surface area contributed by atoms with Crippen LogP contribution in [-0.2, 0) is 39.9 Å². The second-order valence-corrected chi connectivity index (χ2v) is 9.64. The summed E-state index contributed by atoms with van der Waals surface area (Å²) in [7, 11) is 1.15. The van der Waals surface area contributed by atoms with Crippen molar-refractivity contribution in [2.75, 3.05) is 26.9 Å². The molecule has 0 bridgehead atoms. The minimum atomic E-state index is -2.04. The summed E-state index contributed by atoms with van der Waals surface area (Å²) in [5.41, 5.74) is 9.37. The van der Waals surface area contributed by atoms with Crippen LogP contribution in [0.4, 0.5) is 4.79 Å². The number of benzene rings is 1. The van der Waals surface area contributed by atoms with Gasteiger partial charge in [0.2, 0.25) is 0 Å². The summed E-state index contributed by atoms with van der Waals surface area (Å²) in [6.07, 6.45) is -3.48. The van der Waals surface area contributed by atoms with Gasteiger partial charge in [0.05, 0.1) is 39.1 Å². The molecule has 1 saturated heterocycles. The molecule has 2 rings (SSSR count). The Balaban J connectivity index is 2.19. The normalized spacial score (nSPS) is 23.4. The van der Waals surface area contributed by atoms with Crippen molar-refractivity contribution in [2.24, 2.45) is 11.0 Å². The molecule has 41 heavy (non-hydrogen) atoms. The second-order valence-electron chi connectivity index (χ2n) is 9.64. The van der Waals surface area contributed by atoms with E-state index in [-0.39, 0.29) is 32.0 Å². The molecule has 1 aliphatic heterocycles. The number of hydrogen-bond donors (Lipinski definition) is 3. The Bertz CT molecular complexity index is 1020. The molecule has 0 saturated carbocycles. The topological polar surface area (TPSA) is 199 Å². The highest BCUT2D eigenvalue weighted by Crippen LogP contribution is 2.37. The zero-order valence-electron chi connectivity index (χ0n) is 23.6. The average molecular weight is 581 g/mol. The molecular weight excluding hydrogens is 540 g/mol. The Hall–Kier alpha value is -3.42. The summed E-state index contributed by atoms with van der Waals surface area (Å²) >= 11 is 0. The van der Waals surface area contributed by atoms with E-state index in [0.717, 1.165) is 12.7 Å².